The molecule has 29 heavy (non-hydrogen) atoms. The quantitative estimate of drug-likeness (QED) is 0.642. The first-order valence-corrected chi connectivity index (χ1v) is 11.9. The van der Waals surface area contributed by atoms with Crippen LogP contribution in [0, 0.1) is 23.2 Å². The molecule has 0 N–H and O–H groups in total. The highest BCUT2D eigenvalue weighted by atomic mass is 16.1. The summed E-state index contributed by atoms with van der Waals surface area (Å²) in [5.41, 5.74) is 2.21. The van der Waals surface area contributed by atoms with Crippen LogP contribution in [0.5, 0.6) is 0 Å². The van der Waals surface area contributed by atoms with Crippen LogP contribution >= 0.6 is 0 Å². The Labute approximate surface area is 174 Å². The molecule has 2 heterocycles. The third kappa shape index (κ3) is 2.91. The summed E-state index contributed by atoms with van der Waals surface area (Å²) in [4.78, 5) is 16.6. The van der Waals surface area contributed by atoms with Crippen LogP contribution in [0.3, 0.4) is 0 Å². The van der Waals surface area contributed by atoms with E-state index in [2.05, 4.69) is 47.0 Å². The molecular weight excluding hydrogens is 356 g/mol. The van der Waals surface area contributed by atoms with Crippen LogP contribution in [0.4, 0.5) is 0 Å². The molecular formula is C26H34N2O. The highest BCUT2D eigenvalue weighted by Gasteiger charge is 2.54. The van der Waals surface area contributed by atoms with Crippen LogP contribution in [-0.4, -0.2) is 34.9 Å². The Morgan fingerprint density at radius 3 is 2.41 bits per heavy atom. The van der Waals surface area contributed by atoms with E-state index in [-0.39, 0.29) is 5.41 Å². The Kier molecular flexibility index (Phi) is 4.20. The summed E-state index contributed by atoms with van der Waals surface area (Å²) in [5.74, 6) is 2.92. The number of benzene rings is 1. The van der Waals surface area contributed by atoms with Crippen LogP contribution < -0.4 is 0 Å². The Hall–Kier alpha value is -1.61. The Bertz CT molecular complexity index is 906. The van der Waals surface area contributed by atoms with Crippen molar-refractivity contribution in [2.75, 3.05) is 13.6 Å². The lowest BCUT2D eigenvalue weighted by Crippen LogP contribution is -2.50. The summed E-state index contributed by atoms with van der Waals surface area (Å²) in [6, 6.07) is 9.22. The molecule has 2 aromatic rings. The number of likely N-dealkylation sites (N-methyl/N-ethyl adjacent to an activating group) is 1. The average Bonchev–Trinajstić information content (AvgIpc) is 3.07. The number of carbonyl (C=O) groups is 1. The highest BCUT2D eigenvalue weighted by Crippen LogP contribution is 2.61. The van der Waals surface area contributed by atoms with Crippen molar-refractivity contribution in [1.82, 2.24) is 9.47 Å². The summed E-state index contributed by atoms with van der Waals surface area (Å²) in [6.45, 7) is 2.20. The number of hydrogen-bond donors (Lipinski definition) is 0. The van der Waals surface area contributed by atoms with Gasteiger partial charge in [0.05, 0.1) is 0 Å². The van der Waals surface area contributed by atoms with Crippen LogP contribution in [0.25, 0.3) is 10.9 Å². The molecule has 3 heteroatoms. The smallest absolute Gasteiger partial charge is 0.171 e. The van der Waals surface area contributed by atoms with Gasteiger partial charge in [0.25, 0.3) is 0 Å². The number of nitrogens with zero attached hydrogens (tertiary/aromatic N) is 2. The Morgan fingerprint density at radius 1 is 1.03 bits per heavy atom. The molecule has 3 nitrogen and oxygen atoms in total. The predicted molar refractivity (Wildman–Crippen MR) is 117 cm³/mol. The van der Waals surface area contributed by atoms with Crippen molar-refractivity contribution >= 4 is 16.7 Å². The van der Waals surface area contributed by atoms with E-state index in [0.717, 1.165) is 49.1 Å². The molecule has 0 spiro atoms. The van der Waals surface area contributed by atoms with Gasteiger partial charge in [0.2, 0.25) is 0 Å². The molecule has 0 unspecified atom stereocenters. The molecule has 0 radical (unpaired) electrons. The number of rotatable bonds is 4. The molecule has 1 aliphatic heterocycles. The van der Waals surface area contributed by atoms with Crippen molar-refractivity contribution in [1.29, 1.82) is 0 Å². The van der Waals surface area contributed by atoms with Gasteiger partial charge in [-0.15, -0.1) is 0 Å². The minimum atomic E-state index is -0.0503. The van der Waals surface area contributed by atoms with Gasteiger partial charge in [-0.3, -0.25) is 4.79 Å². The molecule has 154 valence electrons. The fourth-order valence-corrected chi connectivity index (χ4v) is 7.86. The van der Waals surface area contributed by atoms with Gasteiger partial charge in [-0.05, 0) is 88.8 Å². The van der Waals surface area contributed by atoms with E-state index in [1.807, 2.05) is 0 Å². The maximum Gasteiger partial charge on any atom is 0.171 e. The minimum Gasteiger partial charge on any atom is -0.345 e. The second-order valence-electron chi connectivity index (χ2n) is 10.9. The lowest BCUT2D eigenvalue weighted by Gasteiger charge is -2.55. The van der Waals surface area contributed by atoms with Gasteiger partial charge < -0.3 is 9.47 Å². The number of para-hydroxylation sites is 1. The second-order valence-corrected chi connectivity index (χ2v) is 10.9. The fraction of sp³-hybridized carbons (Fsp3) is 0.654. The largest absolute Gasteiger partial charge is 0.345 e. The van der Waals surface area contributed by atoms with Crippen molar-refractivity contribution in [3.05, 3.63) is 36.0 Å². The number of hydrogen-bond acceptors (Lipinski definition) is 2. The van der Waals surface area contributed by atoms with E-state index >= 15 is 0 Å². The number of Topliss-reactive ketones (excluding diaryl/α,β-unsaturated/α-hetero) is 1. The molecule has 4 saturated carbocycles. The van der Waals surface area contributed by atoms with Crippen LogP contribution in [-0.2, 0) is 6.54 Å². The number of piperidine rings is 1. The van der Waals surface area contributed by atoms with E-state index in [1.54, 1.807) is 0 Å². The summed E-state index contributed by atoms with van der Waals surface area (Å²) in [6.07, 6.45) is 13.8. The van der Waals surface area contributed by atoms with Gasteiger partial charge in [0.1, 0.15) is 0 Å². The third-order valence-corrected chi connectivity index (χ3v) is 8.88. The molecule has 1 saturated heterocycles. The summed E-state index contributed by atoms with van der Waals surface area (Å²) in [7, 11) is 2.26. The first kappa shape index (κ1) is 18.2. The molecule has 1 atom stereocenters. The van der Waals surface area contributed by atoms with Crippen LogP contribution in [0.15, 0.2) is 30.5 Å². The second kappa shape index (κ2) is 6.70. The molecule has 1 aromatic heterocycles. The third-order valence-electron chi connectivity index (χ3n) is 8.88. The topological polar surface area (TPSA) is 25.2 Å². The first-order chi connectivity index (χ1) is 14.1. The molecule has 4 bridgehead atoms. The van der Waals surface area contributed by atoms with Gasteiger partial charge >= 0.3 is 0 Å². The van der Waals surface area contributed by atoms with Crippen molar-refractivity contribution < 1.29 is 4.79 Å². The maximum atomic E-state index is 14.1. The summed E-state index contributed by atoms with van der Waals surface area (Å²) in [5, 5.41) is 1.19. The molecule has 5 aliphatic rings. The number of ketones is 1. The van der Waals surface area contributed by atoms with Crippen molar-refractivity contribution in [2.45, 2.75) is 70.4 Å². The van der Waals surface area contributed by atoms with Crippen molar-refractivity contribution in [3.8, 4) is 0 Å². The standard InChI is InChI=1S/C26H34N2O/c1-27-9-5-4-6-21(27)16-28-17-23(22-7-2-3-8-24(22)28)25(29)26-13-18-10-19(14-26)12-20(11-18)15-26/h2-3,7-8,17-21H,4-6,9-16H2,1H3/t18?,19?,20?,21-,26?/m0/s1. The molecule has 5 fully saturated rings. The van der Waals surface area contributed by atoms with Gasteiger partial charge in [0, 0.05) is 40.7 Å². The average molecular weight is 391 g/mol. The first-order valence-electron chi connectivity index (χ1n) is 11.9. The number of aromatic nitrogens is 1. The SMILES string of the molecule is CN1CCCC[C@H]1Cn1cc(C(=O)C23CC4CC(CC(C4)C2)C3)c2ccccc21. The van der Waals surface area contributed by atoms with Crippen molar-refractivity contribution in [2.24, 2.45) is 23.2 Å². The minimum absolute atomic E-state index is 0.0503. The number of fused-ring (bicyclic) bond motifs is 1. The van der Waals surface area contributed by atoms with E-state index in [4.69, 9.17) is 0 Å². The van der Waals surface area contributed by atoms with E-state index in [0.29, 0.717) is 11.8 Å². The highest BCUT2D eigenvalue weighted by molar-refractivity contribution is 6.11. The Morgan fingerprint density at radius 2 is 1.72 bits per heavy atom. The van der Waals surface area contributed by atoms with E-state index < -0.39 is 0 Å². The van der Waals surface area contributed by atoms with E-state index in [1.165, 1.54) is 56.0 Å². The lowest BCUT2D eigenvalue weighted by molar-refractivity contribution is -0.0352. The number of likely N-dealkylation sites (tertiary alicyclic amines) is 1. The lowest BCUT2D eigenvalue weighted by atomic mass is 9.48. The van der Waals surface area contributed by atoms with Gasteiger partial charge in [-0.25, -0.2) is 0 Å². The number of carbonyl (C=O) groups excluding carboxylic acids is 1. The zero-order chi connectivity index (χ0) is 19.6. The molecule has 0 amide bonds. The van der Waals surface area contributed by atoms with Crippen molar-refractivity contribution in [3.63, 3.8) is 0 Å². The van der Waals surface area contributed by atoms with E-state index in [9.17, 15) is 4.79 Å². The zero-order valence-corrected chi connectivity index (χ0v) is 17.8. The normalized spacial score (nSPS) is 36.7. The van der Waals surface area contributed by atoms with Gasteiger partial charge in [0.15, 0.2) is 5.78 Å². The zero-order valence-electron chi connectivity index (χ0n) is 17.8. The molecule has 4 aliphatic carbocycles. The molecule has 1 aromatic carbocycles. The maximum absolute atomic E-state index is 14.1. The molecule has 7 rings (SSSR count). The predicted octanol–water partition coefficient (Wildman–Crippen LogP) is 5.52. The van der Waals surface area contributed by atoms with Gasteiger partial charge in [-0.1, -0.05) is 24.6 Å². The Balaban J connectivity index is 1.37. The van der Waals surface area contributed by atoms with Gasteiger partial charge in [-0.2, -0.15) is 0 Å². The van der Waals surface area contributed by atoms with Crippen LogP contribution in [0.2, 0.25) is 0 Å². The van der Waals surface area contributed by atoms with Crippen LogP contribution in [0.1, 0.15) is 68.1 Å². The monoisotopic (exact) mass is 390 g/mol. The fourth-order valence-electron chi connectivity index (χ4n) is 7.86. The summed E-state index contributed by atoms with van der Waals surface area (Å²) >= 11 is 0. The summed E-state index contributed by atoms with van der Waals surface area (Å²) < 4.78 is 2.40.